The number of hydrogen-bond acceptors (Lipinski definition) is 4. The summed E-state index contributed by atoms with van der Waals surface area (Å²) in [5.41, 5.74) is 1.60. The number of para-hydroxylation sites is 1. The fourth-order valence-corrected chi connectivity index (χ4v) is 1.63. The van der Waals surface area contributed by atoms with E-state index < -0.39 is 0 Å². The zero-order valence-corrected chi connectivity index (χ0v) is 10.1. The molecule has 0 spiro atoms. The fourth-order valence-electron chi connectivity index (χ4n) is 1.63. The Hall–Kier alpha value is -2.42. The highest BCUT2D eigenvalue weighted by atomic mass is 16.2. The first kappa shape index (κ1) is 12.0. The van der Waals surface area contributed by atoms with Crippen LogP contribution in [0.5, 0.6) is 0 Å². The van der Waals surface area contributed by atoms with Gasteiger partial charge in [-0.3, -0.25) is 4.79 Å². The summed E-state index contributed by atoms with van der Waals surface area (Å²) in [6.07, 6.45) is 0.334. The lowest BCUT2D eigenvalue weighted by atomic mass is 10.3. The van der Waals surface area contributed by atoms with E-state index in [9.17, 15) is 4.79 Å². The van der Waals surface area contributed by atoms with Gasteiger partial charge < -0.3 is 4.90 Å². The molecule has 0 N–H and O–H groups in total. The molecule has 0 fully saturated rings. The SMILES string of the molecule is CN(CCC#N)C(=O)Cn1nnc2ccccc21. The third-order valence-corrected chi connectivity index (χ3v) is 2.69. The van der Waals surface area contributed by atoms with Gasteiger partial charge in [0.1, 0.15) is 12.1 Å². The third kappa shape index (κ3) is 2.46. The number of carbonyl (C=O) groups is 1. The fraction of sp³-hybridized carbons (Fsp3) is 0.333. The topological polar surface area (TPSA) is 74.8 Å². The molecule has 0 aliphatic heterocycles. The summed E-state index contributed by atoms with van der Waals surface area (Å²) >= 11 is 0. The number of carbonyl (C=O) groups excluding carboxylic acids is 1. The van der Waals surface area contributed by atoms with Gasteiger partial charge in [0, 0.05) is 13.6 Å². The molecule has 0 saturated carbocycles. The van der Waals surface area contributed by atoms with E-state index in [1.165, 1.54) is 4.90 Å². The van der Waals surface area contributed by atoms with Crippen molar-refractivity contribution >= 4 is 16.9 Å². The predicted octanol–water partition coefficient (Wildman–Crippen LogP) is 0.803. The number of rotatable bonds is 4. The lowest BCUT2D eigenvalue weighted by molar-refractivity contribution is -0.130. The lowest BCUT2D eigenvalue weighted by Crippen LogP contribution is -2.31. The molecule has 1 heterocycles. The maximum atomic E-state index is 11.9. The minimum atomic E-state index is -0.0825. The molecule has 2 aromatic rings. The molecule has 0 saturated heterocycles. The van der Waals surface area contributed by atoms with Crippen LogP contribution in [0.2, 0.25) is 0 Å². The predicted molar refractivity (Wildman–Crippen MR) is 65.4 cm³/mol. The molecule has 1 aromatic carbocycles. The summed E-state index contributed by atoms with van der Waals surface area (Å²) in [5.74, 6) is -0.0825. The highest BCUT2D eigenvalue weighted by Gasteiger charge is 2.12. The molecular formula is C12H13N5O. The van der Waals surface area contributed by atoms with Gasteiger partial charge in [-0.2, -0.15) is 5.26 Å². The Bertz CT molecular complexity index is 598. The molecule has 0 atom stereocenters. The summed E-state index contributed by atoms with van der Waals surface area (Å²) in [4.78, 5) is 13.4. The lowest BCUT2D eigenvalue weighted by Gasteiger charge is -2.15. The van der Waals surface area contributed by atoms with Crippen molar-refractivity contribution in [1.29, 1.82) is 5.26 Å². The van der Waals surface area contributed by atoms with Crippen molar-refractivity contribution in [2.24, 2.45) is 0 Å². The molecule has 18 heavy (non-hydrogen) atoms. The minimum absolute atomic E-state index is 0.0825. The molecule has 0 bridgehead atoms. The van der Waals surface area contributed by atoms with Gasteiger partial charge in [0.05, 0.1) is 18.0 Å². The smallest absolute Gasteiger partial charge is 0.244 e. The zero-order chi connectivity index (χ0) is 13.0. The monoisotopic (exact) mass is 243 g/mol. The van der Waals surface area contributed by atoms with Crippen LogP contribution in [0.1, 0.15) is 6.42 Å². The Kier molecular flexibility index (Phi) is 3.53. The van der Waals surface area contributed by atoms with Crippen LogP contribution >= 0.6 is 0 Å². The number of aromatic nitrogens is 3. The van der Waals surface area contributed by atoms with E-state index in [-0.39, 0.29) is 12.5 Å². The minimum Gasteiger partial charge on any atom is -0.343 e. The maximum absolute atomic E-state index is 11.9. The Morgan fingerprint density at radius 2 is 2.28 bits per heavy atom. The summed E-state index contributed by atoms with van der Waals surface area (Å²) in [5, 5.41) is 16.4. The van der Waals surface area contributed by atoms with Gasteiger partial charge in [0.25, 0.3) is 0 Å². The zero-order valence-electron chi connectivity index (χ0n) is 10.1. The average Bonchev–Trinajstić information content (AvgIpc) is 2.79. The van der Waals surface area contributed by atoms with Crippen LogP contribution in [0.15, 0.2) is 24.3 Å². The Balaban J connectivity index is 2.10. The van der Waals surface area contributed by atoms with E-state index in [1.807, 2.05) is 30.3 Å². The number of fused-ring (bicyclic) bond motifs is 1. The quantitative estimate of drug-likeness (QED) is 0.796. The van der Waals surface area contributed by atoms with E-state index in [4.69, 9.17) is 5.26 Å². The first-order valence-corrected chi connectivity index (χ1v) is 5.61. The number of likely N-dealkylation sites (N-methyl/N-ethyl adjacent to an activating group) is 1. The number of nitrogens with zero attached hydrogens (tertiary/aromatic N) is 5. The molecule has 0 aliphatic carbocycles. The van der Waals surface area contributed by atoms with Crippen LogP contribution in [0.25, 0.3) is 11.0 Å². The first-order chi connectivity index (χ1) is 8.72. The van der Waals surface area contributed by atoms with E-state index in [2.05, 4.69) is 10.3 Å². The number of benzene rings is 1. The van der Waals surface area contributed by atoms with E-state index in [1.54, 1.807) is 11.7 Å². The standard InChI is InChI=1S/C12H13N5O/c1-16(8-4-7-13)12(18)9-17-11-6-3-2-5-10(11)14-15-17/h2-3,5-6H,4,8-9H2,1H3. The van der Waals surface area contributed by atoms with E-state index in [0.717, 1.165) is 11.0 Å². The van der Waals surface area contributed by atoms with Crippen LogP contribution in [-0.4, -0.2) is 39.4 Å². The van der Waals surface area contributed by atoms with Crippen LogP contribution in [0.3, 0.4) is 0 Å². The molecule has 1 amide bonds. The van der Waals surface area contributed by atoms with Crippen molar-refractivity contribution in [2.75, 3.05) is 13.6 Å². The molecule has 0 radical (unpaired) electrons. The van der Waals surface area contributed by atoms with Crippen molar-refractivity contribution in [3.8, 4) is 6.07 Å². The summed E-state index contributed by atoms with van der Waals surface area (Å²) in [6, 6.07) is 9.49. The second kappa shape index (κ2) is 5.27. The molecular weight excluding hydrogens is 230 g/mol. The van der Waals surface area contributed by atoms with Crippen molar-refractivity contribution in [1.82, 2.24) is 19.9 Å². The Labute approximate surface area is 104 Å². The molecule has 1 aromatic heterocycles. The van der Waals surface area contributed by atoms with Gasteiger partial charge in [0.2, 0.25) is 5.91 Å². The normalized spacial score (nSPS) is 10.2. The molecule has 2 rings (SSSR count). The molecule has 0 aliphatic rings. The number of hydrogen-bond donors (Lipinski definition) is 0. The summed E-state index contributed by atoms with van der Waals surface area (Å²) in [7, 11) is 1.68. The van der Waals surface area contributed by atoms with Crippen molar-refractivity contribution in [3.05, 3.63) is 24.3 Å². The number of nitriles is 1. The second-order valence-electron chi connectivity index (χ2n) is 3.96. The molecule has 6 nitrogen and oxygen atoms in total. The van der Waals surface area contributed by atoms with Crippen LogP contribution in [-0.2, 0) is 11.3 Å². The van der Waals surface area contributed by atoms with E-state index in [0.29, 0.717) is 13.0 Å². The molecule has 6 heteroatoms. The maximum Gasteiger partial charge on any atom is 0.244 e. The van der Waals surface area contributed by atoms with Gasteiger partial charge in [-0.15, -0.1) is 5.10 Å². The van der Waals surface area contributed by atoms with Crippen molar-refractivity contribution < 1.29 is 4.79 Å². The van der Waals surface area contributed by atoms with Crippen molar-refractivity contribution in [2.45, 2.75) is 13.0 Å². The second-order valence-corrected chi connectivity index (χ2v) is 3.96. The summed E-state index contributed by atoms with van der Waals surface area (Å²) in [6.45, 7) is 0.574. The van der Waals surface area contributed by atoms with Gasteiger partial charge in [-0.1, -0.05) is 17.3 Å². The average molecular weight is 243 g/mol. The van der Waals surface area contributed by atoms with Gasteiger partial charge in [-0.05, 0) is 12.1 Å². The molecule has 0 unspecified atom stereocenters. The van der Waals surface area contributed by atoms with Crippen LogP contribution in [0, 0.1) is 11.3 Å². The van der Waals surface area contributed by atoms with Crippen LogP contribution in [0.4, 0.5) is 0 Å². The van der Waals surface area contributed by atoms with Gasteiger partial charge in [-0.25, -0.2) is 4.68 Å². The summed E-state index contributed by atoms with van der Waals surface area (Å²) < 4.78 is 1.57. The highest BCUT2D eigenvalue weighted by Crippen LogP contribution is 2.09. The van der Waals surface area contributed by atoms with E-state index >= 15 is 0 Å². The Morgan fingerprint density at radius 1 is 1.50 bits per heavy atom. The van der Waals surface area contributed by atoms with Crippen LogP contribution < -0.4 is 0 Å². The third-order valence-electron chi connectivity index (χ3n) is 2.69. The largest absolute Gasteiger partial charge is 0.343 e. The molecule has 92 valence electrons. The number of amides is 1. The van der Waals surface area contributed by atoms with Crippen molar-refractivity contribution in [3.63, 3.8) is 0 Å². The highest BCUT2D eigenvalue weighted by molar-refractivity contribution is 5.79. The Morgan fingerprint density at radius 3 is 3.06 bits per heavy atom. The van der Waals surface area contributed by atoms with Gasteiger partial charge >= 0.3 is 0 Å². The van der Waals surface area contributed by atoms with Gasteiger partial charge in [0.15, 0.2) is 0 Å². The first-order valence-electron chi connectivity index (χ1n) is 5.61.